The number of imide groups is 1. The third-order valence-corrected chi connectivity index (χ3v) is 5.62. The summed E-state index contributed by atoms with van der Waals surface area (Å²) in [6, 6.07) is 1.92. The van der Waals surface area contributed by atoms with E-state index in [1.807, 2.05) is 0 Å². The number of carbonyl (C=O) groups is 3. The van der Waals surface area contributed by atoms with E-state index in [1.165, 1.54) is 6.92 Å². The van der Waals surface area contributed by atoms with Crippen LogP contribution in [0, 0.1) is 5.82 Å². The zero-order valence-corrected chi connectivity index (χ0v) is 17.1. The number of benzene rings is 1. The van der Waals surface area contributed by atoms with Crippen molar-refractivity contribution in [3.8, 4) is 0 Å². The molecule has 0 radical (unpaired) electrons. The molecular formula is C18H18ClF4NO3S. The van der Waals surface area contributed by atoms with Crippen LogP contribution in [0.5, 0.6) is 0 Å². The van der Waals surface area contributed by atoms with Gasteiger partial charge in [0, 0.05) is 23.5 Å². The maximum Gasteiger partial charge on any atom is 0.412 e. The molecule has 0 aliphatic rings. The van der Waals surface area contributed by atoms with Gasteiger partial charge in [0.05, 0.1) is 16.0 Å². The standard InChI is InChI=1S/C18H18ClF4NO3S/c1-5-15(10(3)25)28-16-8-14(13(20)7-12(16)19)24(11(4)26)17(27)6-9(2)18(21,22)23/h6-8,15H,5H2,1-4H3/b9-6+. The highest BCUT2D eigenvalue weighted by Gasteiger charge is 2.32. The number of carbonyl (C=O) groups excluding carboxylic acids is 3. The van der Waals surface area contributed by atoms with Gasteiger partial charge < -0.3 is 0 Å². The van der Waals surface area contributed by atoms with Crippen molar-refractivity contribution >= 4 is 46.6 Å². The van der Waals surface area contributed by atoms with E-state index in [2.05, 4.69) is 0 Å². The molecule has 0 N–H and O–H groups in total. The normalized spacial score (nSPS) is 13.2. The molecule has 2 amide bonds. The molecule has 0 bridgehead atoms. The molecule has 0 aromatic heterocycles. The molecule has 4 nitrogen and oxygen atoms in total. The summed E-state index contributed by atoms with van der Waals surface area (Å²) in [4.78, 5) is 36.3. The summed E-state index contributed by atoms with van der Waals surface area (Å²) >= 11 is 7.01. The number of hydrogen-bond donors (Lipinski definition) is 0. The average Bonchev–Trinajstić information content (AvgIpc) is 2.54. The molecule has 0 aliphatic heterocycles. The van der Waals surface area contributed by atoms with Gasteiger partial charge in [-0.2, -0.15) is 13.2 Å². The second-order valence-electron chi connectivity index (χ2n) is 5.88. The monoisotopic (exact) mass is 439 g/mol. The van der Waals surface area contributed by atoms with Gasteiger partial charge in [0.2, 0.25) is 5.91 Å². The van der Waals surface area contributed by atoms with Crippen molar-refractivity contribution in [1.29, 1.82) is 0 Å². The quantitative estimate of drug-likeness (QED) is 0.341. The number of halogens is 5. The van der Waals surface area contributed by atoms with Crippen molar-refractivity contribution in [3.05, 3.63) is 34.6 Å². The SMILES string of the molecule is CCC(Sc1cc(N(C(C)=O)C(=O)/C=C(\C)C(F)(F)F)c(F)cc1Cl)C(C)=O. The lowest BCUT2D eigenvalue weighted by atomic mass is 10.2. The van der Waals surface area contributed by atoms with Gasteiger partial charge in [-0.3, -0.25) is 14.4 Å². The number of anilines is 1. The first-order chi connectivity index (χ1) is 12.8. The first kappa shape index (κ1) is 24.2. The minimum absolute atomic E-state index is 0.0519. The van der Waals surface area contributed by atoms with Crippen LogP contribution in [-0.4, -0.2) is 29.0 Å². The Balaban J connectivity index is 3.44. The van der Waals surface area contributed by atoms with Gasteiger partial charge in [-0.15, -0.1) is 11.8 Å². The molecule has 0 saturated carbocycles. The Morgan fingerprint density at radius 1 is 1.21 bits per heavy atom. The maximum absolute atomic E-state index is 14.4. The van der Waals surface area contributed by atoms with Crippen molar-refractivity contribution in [2.45, 2.75) is 50.4 Å². The van der Waals surface area contributed by atoms with E-state index < -0.39 is 40.3 Å². The Hall–Kier alpha value is -1.87. The zero-order valence-electron chi connectivity index (χ0n) is 15.5. The second-order valence-corrected chi connectivity index (χ2v) is 7.53. The molecule has 1 rings (SSSR count). The van der Waals surface area contributed by atoms with Crippen molar-refractivity contribution in [1.82, 2.24) is 0 Å². The number of allylic oxidation sites excluding steroid dienone is 1. The maximum atomic E-state index is 14.4. The number of ketones is 1. The second kappa shape index (κ2) is 9.56. The lowest BCUT2D eigenvalue weighted by Crippen LogP contribution is -2.35. The van der Waals surface area contributed by atoms with Crippen molar-refractivity contribution in [2.24, 2.45) is 0 Å². The number of thioether (sulfide) groups is 1. The fourth-order valence-electron chi connectivity index (χ4n) is 2.16. The topological polar surface area (TPSA) is 54.5 Å². The number of alkyl halides is 3. The Bertz CT molecular complexity index is 824. The lowest BCUT2D eigenvalue weighted by Gasteiger charge is -2.21. The number of hydrogen-bond acceptors (Lipinski definition) is 4. The summed E-state index contributed by atoms with van der Waals surface area (Å²) in [5.74, 6) is -3.55. The molecule has 10 heteroatoms. The average molecular weight is 440 g/mol. The first-order valence-corrected chi connectivity index (χ1v) is 9.31. The highest BCUT2D eigenvalue weighted by molar-refractivity contribution is 8.00. The molecule has 154 valence electrons. The van der Waals surface area contributed by atoms with Gasteiger partial charge in [0.15, 0.2) is 0 Å². The Morgan fingerprint density at radius 2 is 1.79 bits per heavy atom. The highest BCUT2D eigenvalue weighted by Crippen LogP contribution is 2.37. The molecular weight excluding hydrogens is 422 g/mol. The Morgan fingerprint density at radius 3 is 2.21 bits per heavy atom. The summed E-state index contributed by atoms with van der Waals surface area (Å²) in [6.07, 6.45) is -4.11. The van der Waals surface area contributed by atoms with Crippen LogP contribution < -0.4 is 4.90 Å². The van der Waals surface area contributed by atoms with Gasteiger partial charge in [0.1, 0.15) is 11.6 Å². The Kier molecular flexibility index (Phi) is 8.25. The van der Waals surface area contributed by atoms with Gasteiger partial charge in [-0.25, -0.2) is 9.29 Å². The minimum Gasteiger partial charge on any atom is -0.299 e. The van der Waals surface area contributed by atoms with Crippen molar-refractivity contribution < 1.29 is 31.9 Å². The Labute approximate surface area is 168 Å². The van der Waals surface area contributed by atoms with Crippen LogP contribution >= 0.6 is 23.4 Å². The number of amides is 2. The summed E-state index contributed by atoms with van der Waals surface area (Å²) in [7, 11) is 0. The third kappa shape index (κ3) is 6.07. The van der Waals surface area contributed by atoms with Crippen LogP contribution in [0.4, 0.5) is 23.2 Å². The molecule has 0 spiro atoms. The van der Waals surface area contributed by atoms with E-state index in [4.69, 9.17) is 11.6 Å². The molecule has 1 aromatic carbocycles. The molecule has 0 aliphatic carbocycles. The van der Waals surface area contributed by atoms with Gasteiger partial charge >= 0.3 is 6.18 Å². The van der Waals surface area contributed by atoms with Crippen molar-refractivity contribution in [2.75, 3.05) is 4.90 Å². The number of nitrogens with zero attached hydrogens (tertiary/aromatic N) is 1. The molecule has 1 unspecified atom stereocenters. The van der Waals surface area contributed by atoms with Crippen LogP contribution in [0.3, 0.4) is 0 Å². The van der Waals surface area contributed by atoms with Crippen molar-refractivity contribution in [3.63, 3.8) is 0 Å². The van der Waals surface area contributed by atoms with Gasteiger partial charge in [-0.1, -0.05) is 18.5 Å². The fourth-order valence-corrected chi connectivity index (χ4v) is 3.44. The predicted octanol–water partition coefficient (Wildman–Crippen LogP) is 5.33. The molecule has 0 saturated heterocycles. The van der Waals surface area contributed by atoms with Crippen LogP contribution in [-0.2, 0) is 14.4 Å². The van der Waals surface area contributed by atoms with Crippen LogP contribution in [0.2, 0.25) is 5.02 Å². The number of Topliss-reactive ketones (excluding diaryl/α,β-unsaturated/α-hetero) is 1. The summed E-state index contributed by atoms with van der Waals surface area (Å²) < 4.78 is 52.4. The number of rotatable bonds is 6. The molecule has 1 atom stereocenters. The van der Waals surface area contributed by atoms with E-state index in [-0.39, 0.29) is 21.8 Å². The zero-order chi connectivity index (χ0) is 21.8. The van der Waals surface area contributed by atoms with E-state index in [0.29, 0.717) is 18.2 Å². The summed E-state index contributed by atoms with van der Waals surface area (Å²) in [6.45, 7) is 4.71. The molecule has 28 heavy (non-hydrogen) atoms. The summed E-state index contributed by atoms with van der Waals surface area (Å²) in [5.41, 5.74) is -1.79. The van der Waals surface area contributed by atoms with Crippen LogP contribution in [0.15, 0.2) is 28.7 Å². The van der Waals surface area contributed by atoms with E-state index in [1.54, 1.807) is 6.92 Å². The minimum atomic E-state index is -4.77. The van der Waals surface area contributed by atoms with E-state index >= 15 is 0 Å². The first-order valence-electron chi connectivity index (χ1n) is 8.05. The summed E-state index contributed by atoms with van der Waals surface area (Å²) in [5, 5.41) is -0.548. The van der Waals surface area contributed by atoms with Crippen LogP contribution in [0.25, 0.3) is 0 Å². The highest BCUT2D eigenvalue weighted by atomic mass is 35.5. The fraction of sp³-hybridized carbons (Fsp3) is 0.389. The van der Waals surface area contributed by atoms with Crippen LogP contribution in [0.1, 0.15) is 34.1 Å². The third-order valence-electron chi connectivity index (χ3n) is 3.66. The van der Waals surface area contributed by atoms with E-state index in [9.17, 15) is 31.9 Å². The molecule has 0 heterocycles. The van der Waals surface area contributed by atoms with Gasteiger partial charge in [-0.05, 0) is 32.4 Å². The smallest absolute Gasteiger partial charge is 0.299 e. The van der Waals surface area contributed by atoms with Gasteiger partial charge in [0.25, 0.3) is 5.91 Å². The predicted molar refractivity (Wildman–Crippen MR) is 100 cm³/mol. The largest absolute Gasteiger partial charge is 0.412 e. The van der Waals surface area contributed by atoms with E-state index in [0.717, 1.165) is 30.8 Å². The molecule has 1 aromatic rings. The lowest BCUT2D eigenvalue weighted by molar-refractivity contribution is -0.124. The molecule has 0 fully saturated rings.